The molecule has 0 amide bonds. The number of aromatic nitrogens is 2. The van der Waals surface area contributed by atoms with Gasteiger partial charge in [-0.05, 0) is 50.1 Å². The predicted molar refractivity (Wildman–Crippen MR) is 124 cm³/mol. The second kappa shape index (κ2) is 7.03. The SMILES string of the molecule is CC(C)C(C)(C)O[B]c1ccc2[nH]c3cc4nc(-c5ccccc5)oc4cc3c2c1. The first-order valence-corrected chi connectivity index (χ1v) is 10.3. The molecule has 149 valence electrons. The van der Waals surface area contributed by atoms with E-state index in [1.54, 1.807) is 0 Å². The Morgan fingerprint density at radius 1 is 0.967 bits per heavy atom. The summed E-state index contributed by atoms with van der Waals surface area (Å²) in [6.45, 7) is 8.57. The molecule has 0 saturated carbocycles. The summed E-state index contributed by atoms with van der Waals surface area (Å²) in [5.41, 5.74) is 5.57. The molecule has 0 saturated heterocycles. The van der Waals surface area contributed by atoms with E-state index in [0.717, 1.165) is 43.9 Å². The van der Waals surface area contributed by atoms with E-state index in [9.17, 15) is 0 Å². The van der Waals surface area contributed by atoms with Gasteiger partial charge in [0.1, 0.15) is 5.52 Å². The fourth-order valence-electron chi connectivity index (χ4n) is 3.47. The third-order valence-corrected chi connectivity index (χ3v) is 6.04. The summed E-state index contributed by atoms with van der Waals surface area (Å²) >= 11 is 0. The molecule has 1 radical (unpaired) electrons. The minimum Gasteiger partial charge on any atom is -0.436 e. The Balaban J connectivity index is 1.55. The highest BCUT2D eigenvalue weighted by atomic mass is 16.5. The predicted octanol–water partition coefficient (Wildman–Crippen LogP) is 5.83. The molecule has 3 aromatic carbocycles. The monoisotopic (exact) mass is 395 g/mol. The van der Waals surface area contributed by atoms with Gasteiger partial charge in [0.25, 0.3) is 0 Å². The van der Waals surface area contributed by atoms with Crippen LogP contribution in [0.2, 0.25) is 0 Å². The van der Waals surface area contributed by atoms with Gasteiger partial charge in [0.05, 0.1) is 0 Å². The molecular formula is C25H24BN2O2. The molecule has 0 fully saturated rings. The zero-order valence-corrected chi connectivity index (χ0v) is 17.7. The normalized spacial score (nSPS) is 12.4. The third kappa shape index (κ3) is 3.29. The Morgan fingerprint density at radius 2 is 1.73 bits per heavy atom. The molecule has 1 N–H and O–H groups in total. The van der Waals surface area contributed by atoms with E-state index < -0.39 is 0 Å². The lowest BCUT2D eigenvalue weighted by Crippen LogP contribution is -2.36. The van der Waals surface area contributed by atoms with Crippen molar-refractivity contribution in [3.63, 3.8) is 0 Å². The fourth-order valence-corrected chi connectivity index (χ4v) is 3.47. The van der Waals surface area contributed by atoms with Crippen LogP contribution in [0.1, 0.15) is 27.7 Å². The van der Waals surface area contributed by atoms with Gasteiger partial charge in [-0.1, -0.05) is 49.6 Å². The molecule has 0 aliphatic carbocycles. The lowest BCUT2D eigenvalue weighted by Gasteiger charge is -2.30. The van der Waals surface area contributed by atoms with Crippen LogP contribution in [0.15, 0.2) is 65.1 Å². The molecular weight excluding hydrogens is 371 g/mol. The first kappa shape index (κ1) is 19.0. The van der Waals surface area contributed by atoms with Gasteiger partial charge >= 0.3 is 7.48 Å². The Hall–Kier alpha value is -3.05. The Morgan fingerprint density at radius 3 is 2.50 bits per heavy atom. The zero-order chi connectivity index (χ0) is 20.9. The van der Waals surface area contributed by atoms with E-state index >= 15 is 0 Å². The molecule has 0 bridgehead atoms. The number of fused-ring (bicyclic) bond motifs is 4. The van der Waals surface area contributed by atoms with Crippen molar-refractivity contribution in [1.82, 2.24) is 9.97 Å². The van der Waals surface area contributed by atoms with Crippen LogP contribution in [0.4, 0.5) is 0 Å². The van der Waals surface area contributed by atoms with Gasteiger partial charge in [0.15, 0.2) is 5.58 Å². The van der Waals surface area contributed by atoms with Gasteiger partial charge in [0, 0.05) is 33.0 Å². The zero-order valence-electron chi connectivity index (χ0n) is 17.7. The summed E-state index contributed by atoms with van der Waals surface area (Å²) in [7, 11) is 1.86. The molecule has 0 spiro atoms. The van der Waals surface area contributed by atoms with Crippen LogP contribution in [0.25, 0.3) is 44.4 Å². The van der Waals surface area contributed by atoms with Crippen LogP contribution >= 0.6 is 0 Å². The number of hydrogen-bond acceptors (Lipinski definition) is 3. The number of nitrogens with one attached hydrogen (secondary N) is 1. The van der Waals surface area contributed by atoms with Gasteiger partial charge in [0.2, 0.25) is 5.89 Å². The van der Waals surface area contributed by atoms with Gasteiger partial charge < -0.3 is 14.1 Å². The smallest absolute Gasteiger partial charge is 0.330 e. The molecule has 30 heavy (non-hydrogen) atoms. The van der Waals surface area contributed by atoms with Crippen LogP contribution in [0, 0.1) is 5.92 Å². The summed E-state index contributed by atoms with van der Waals surface area (Å²) in [4.78, 5) is 8.18. The summed E-state index contributed by atoms with van der Waals surface area (Å²) < 4.78 is 12.1. The van der Waals surface area contributed by atoms with E-state index in [2.05, 4.69) is 68.0 Å². The number of rotatable bonds is 5. The van der Waals surface area contributed by atoms with Crippen molar-refractivity contribution in [3.05, 3.63) is 60.7 Å². The van der Waals surface area contributed by atoms with E-state index in [4.69, 9.17) is 9.07 Å². The van der Waals surface area contributed by atoms with Gasteiger partial charge in [-0.25, -0.2) is 4.98 Å². The van der Waals surface area contributed by atoms with Gasteiger partial charge in [-0.3, -0.25) is 0 Å². The molecule has 5 aromatic rings. The lowest BCUT2D eigenvalue weighted by atomic mass is 9.83. The number of aromatic amines is 1. The molecule has 5 heteroatoms. The largest absolute Gasteiger partial charge is 0.436 e. The highest BCUT2D eigenvalue weighted by Gasteiger charge is 2.23. The first-order valence-electron chi connectivity index (χ1n) is 10.3. The second-order valence-corrected chi connectivity index (χ2v) is 8.67. The molecule has 2 aromatic heterocycles. The van der Waals surface area contributed by atoms with E-state index in [-0.39, 0.29) is 5.60 Å². The van der Waals surface area contributed by atoms with Crippen LogP contribution in [0.5, 0.6) is 0 Å². The van der Waals surface area contributed by atoms with Crippen molar-refractivity contribution in [3.8, 4) is 11.5 Å². The second-order valence-electron chi connectivity index (χ2n) is 8.67. The van der Waals surface area contributed by atoms with Crippen molar-refractivity contribution in [2.75, 3.05) is 0 Å². The van der Waals surface area contributed by atoms with Crippen LogP contribution in [-0.4, -0.2) is 23.1 Å². The summed E-state index contributed by atoms with van der Waals surface area (Å²) in [6.07, 6.45) is 0. The van der Waals surface area contributed by atoms with E-state index in [1.807, 2.05) is 37.8 Å². The lowest BCUT2D eigenvalue weighted by molar-refractivity contribution is 0.0668. The van der Waals surface area contributed by atoms with Crippen LogP contribution in [0.3, 0.4) is 0 Å². The quantitative estimate of drug-likeness (QED) is 0.381. The van der Waals surface area contributed by atoms with Crippen molar-refractivity contribution >= 4 is 45.9 Å². The highest BCUT2D eigenvalue weighted by Crippen LogP contribution is 2.31. The molecule has 4 nitrogen and oxygen atoms in total. The van der Waals surface area contributed by atoms with Crippen molar-refractivity contribution < 1.29 is 9.07 Å². The Labute approximate surface area is 176 Å². The third-order valence-electron chi connectivity index (χ3n) is 6.04. The number of hydrogen-bond donors (Lipinski definition) is 1. The van der Waals surface area contributed by atoms with E-state index in [0.29, 0.717) is 11.8 Å². The van der Waals surface area contributed by atoms with Crippen LogP contribution < -0.4 is 5.46 Å². The van der Waals surface area contributed by atoms with Crippen LogP contribution in [-0.2, 0) is 4.65 Å². The first-order chi connectivity index (χ1) is 14.4. The van der Waals surface area contributed by atoms with Crippen molar-refractivity contribution in [1.29, 1.82) is 0 Å². The molecule has 0 unspecified atom stereocenters. The Bertz CT molecular complexity index is 1350. The summed E-state index contributed by atoms with van der Waals surface area (Å²) in [5.74, 6) is 1.06. The highest BCUT2D eigenvalue weighted by molar-refractivity contribution is 6.47. The van der Waals surface area contributed by atoms with Crippen molar-refractivity contribution in [2.45, 2.75) is 33.3 Å². The minimum absolute atomic E-state index is 0.213. The molecule has 0 aliphatic heterocycles. The number of H-pyrrole nitrogens is 1. The standard InChI is InChI=1S/C25H24BN2O2/c1-15(2)25(3,4)30-26-17-10-11-20-18(12-17)19-13-23-22(14-21(19)27-20)28-24(29-23)16-8-6-5-7-9-16/h5-15,27H,1-4H3. The summed E-state index contributed by atoms with van der Waals surface area (Å²) in [6, 6.07) is 20.4. The van der Waals surface area contributed by atoms with E-state index in [1.165, 1.54) is 0 Å². The molecule has 2 heterocycles. The molecule has 0 aliphatic rings. The topological polar surface area (TPSA) is 51.0 Å². The Kier molecular flexibility index (Phi) is 4.44. The number of nitrogens with zero attached hydrogens (tertiary/aromatic N) is 1. The maximum atomic E-state index is 6.07. The van der Waals surface area contributed by atoms with Crippen molar-refractivity contribution in [2.24, 2.45) is 5.92 Å². The maximum absolute atomic E-state index is 6.07. The average molecular weight is 395 g/mol. The molecule has 0 atom stereocenters. The number of benzene rings is 3. The van der Waals surface area contributed by atoms with Gasteiger partial charge in [-0.2, -0.15) is 0 Å². The number of oxazole rings is 1. The maximum Gasteiger partial charge on any atom is 0.330 e. The molecule has 5 rings (SSSR count). The minimum atomic E-state index is -0.213. The van der Waals surface area contributed by atoms with Gasteiger partial charge in [-0.15, -0.1) is 0 Å². The fraction of sp³-hybridized carbons (Fsp3) is 0.240. The summed E-state index contributed by atoms with van der Waals surface area (Å²) in [5, 5.41) is 2.26. The average Bonchev–Trinajstić information content (AvgIpc) is 3.31.